The van der Waals surface area contributed by atoms with Crippen molar-refractivity contribution >= 4 is 34.8 Å². The second-order valence-corrected chi connectivity index (χ2v) is 35.6. The van der Waals surface area contributed by atoms with Gasteiger partial charge in [-0.05, 0) is 325 Å². The van der Waals surface area contributed by atoms with Crippen LogP contribution in [0.25, 0.3) is 11.1 Å². The van der Waals surface area contributed by atoms with E-state index in [9.17, 15) is 28.8 Å². The van der Waals surface area contributed by atoms with Crippen molar-refractivity contribution in [3.63, 3.8) is 0 Å². The molecule has 23 nitrogen and oxygen atoms in total. The molecule has 7 aromatic rings. The summed E-state index contributed by atoms with van der Waals surface area (Å²) in [5.41, 5.74) is 19.0. The number of H-pyrrole nitrogens is 3. The summed E-state index contributed by atoms with van der Waals surface area (Å²) in [7, 11) is 10.5. The van der Waals surface area contributed by atoms with Gasteiger partial charge in [0.05, 0.1) is 33.0 Å². The number of aromatic amines is 3. The topological polar surface area (TPSA) is 245 Å². The number of ether oxygens (including phenoxy) is 4. The summed E-state index contributed by atoms with van der Waals surface area (Å²) in [5.74, 6) is 14.4. The molecule has 0 spiro atoms. The molecule has 12 rings (SSSR count). The third-order valence-electron chi connectivity index (χ3n) is 26.6. The molecule has 3 aromatic heterocycles. The molecule has 0 bridgehead atoms. The second kappa shape index (κ2) is 49.1. The lowest BCUT2D eigenvalue weighted by molar-refractivity contribution is 0.0443. The molecule has 2 saturated carbocycles. The molecule has 2 aliphatic carbocycles. The van der Waals surface area contributed by atoms with Gasteiger partial charge in [0.15, 0.2) is 0 Å². The van der Waals surface area contributed by atoms with Crippen LogP contribution in [0.1, 0.15) is 240 Å². The molecule has 5 aliphatic rings. The van der Waals surface area contributed by atoms with E-state index in [0.717, 1.165) is 264 Å². The fraction of sp³-hybridized carbons (Fsp3) is 0.558. The molecule has 3 amide bonds. The van der Waals surface area contributed by atoms with Crippen molar-refractivity contribution in [2.75, 3.05) is 149 Å². The average molecular weight is 1740 g/mol. The van der Waals surface area contributed by atoms with Crippen LogP contribution in [0.5, 0.6) is 5.75 Å². The van der Waals surface area contributed by atoms with E-state index in [4.69, 9.17) is 18.9 Å². The number of rotatable bonds is 29. The van der Waals surface area contributed by atoms with Gasteiger partial charge in [-0.1, -0.05) is 56.6 Å². The van der Waals surface area contributed by atoms with E-state index < -0.39 is 0 Å². The number of likely N-dealkylation sites (N-methyl/N-ethyl adjacent to an activating group) is 1. The summed E-state index contributed by atoms with van der Waals surface area (Å²) in [6.45, 7) is 41.2. The van der Waals surface area contributed by atoms with Crippen molar-refractivity contribution in [3.05, 3.63) is 204 Å². The SMILES string of the molecule is C.CCCCOc1ccc(-c2cc(C(=O)NCc3c(C)cc(C)[nH]c3=O)c(C)c(N(CC)C3CCC(N(C)C)CC3)c2)cc1.CCN(c1cc(C#CC2CCN(C)CC2)cc(C(=O)NCc2c(C)cc(C)[nH]c2=O)c1C)C1CCOCC1.CCN(c1cc(C#CCN2CCOCC2)c(C)c(C(=O)NCc2c(C)cc(C)[nH]c2=O)c1C)C1CCC(N(C)CCOC)CC1. The molecule has 690 valence electrons. The molecule has 6 N–H and O–H groups in total. The van der Waals surface area contributed by atoms with E-state index in [1.807, 2.05) is 97.9 Å². The van der Waals surface area contributed by atoms with Gasteiger partial charge < -0.3 is 79.2 Å². The number of benzene rings is 4. The Balaban J connectivity index is 0.000000215. The minimum absolute atomic E-state index is 0. The number of unbranched alkanes of at least 4 members (excludes halogenated alkanes) is 1. The zero-order valence-corrected chi connectivity index (χ0v) is 79.2. The minimum atomic E-state index is -0.186. The molecule has 0 unspecified atom stereocenters. The minimum Gasteiger partial charge on any atom is -0.494 e. The van der Waals surface area contributed by atoms with Crippen LogP contribution >= 0.6 is 0 Å². The Morgan fingerprint density at radius 1 is 0.496 bits per heavy atom. The summed E-state index contributed by atoms with van der Waals surface area (Å²) in [6.07, 6.45) is 15.3. The number of carbonyl (C=O) groups is 3. The smallest absolute Gasteiger partial charge is 0.253 e. The highest BCUT2D eigenvalue weighted by atomic mass is 16.5. The van der Waals surface area contributed by atoms with Crippen molar-refractivity contribution < 1.29 is 33.3 Å². The number of carbonyl (C=O) groups excluding carboxylic acids is 3. The Morgan fingerprint density at radius 2 is 0.953 bits per heavy atom. The van der Waals surface area contributed by atoms with E-state index in [1.54, 1.807) is 7.11 Å². The van der Waals surface area contributed by atoms with Crippen LogP contribution in [-0.4, -0.2) is 216 Å². The number of methoxy groups -OCH3 is 1. The van der Waals surface area contributed by atoms with Crippen LogP contribution in [0, 0.1) is 98.8 Å². The zero-order chi connectivity index (χ0) is 90.8. The number of aryl methyl sites for hydroxylation is 6. The van der Waals surface area contributed by atoms with E-state index in [0.29, 0.717) is 82.7 Å². The molecule has 0 atom stereocenters. The maximum absolute atomic E-state index is 13.9. The summed E-state index contributed by atoms with van der Waals surface area (Å²) < 4.78 is 22.3. The first kappa shape index (κ1) is 101. The highest BCUT2D eigenvalue weighted by molar-refractivity contribution is 6.00. The van der Waals surface area contributed by atoms with E-state index in [-0.39, 0.29) is 61.5 Å². The average Bonchev–Trinajstić information content (AvgIpc) is 0.790. The van der Waals surface area contributed by atoms with Crippen LogP contribution in [-0.2, 0) is 33.8 Å². The van der Waals surface area contributed by atoms with Gasteiger partial charge in [0, 0.05) is 194 Å². The number of hydrogen-bond donors (Lipinski definition) is 6. The Hall–Kier alpha value is -9.82. The highest BCUT2D eigenvalue weighted by Crippen LogP contribution is 2.39. The first-order valence-electron chi connectivity index (χ1n) is 46.3. The Morgan fingerprint density at radius 3 is 1.43 bits per heavy atom. The van der Waals surface area contributed by atoms with Crippen molar-refractivity contribution in [1.82, 2.24) is 50.5 Å². The van der Waals surface area contributed by atoms with Crippen molar-refractivity contribution in [1.29, 1.82) is 0 Å². The third-order valence-corrected chi connectivity index (χ3v) is 26.6. The Kier molecular flexibility index (Phi) is 39.0. The van der Waals surface area contributed by atoms with Gasteiger partial charge in [0.1, 0.15) is 5.75 Å². The first-order valence-corrected chi connectivity index (χ1v) is 46.3. The maximum atomic E-state index is 13.9. The standard InChI is InChI=1S/C36H53N5O4.C36H50N4O3.C31H42N4O3.CH4/c1-8-41(31-13-11-30(12-14-31)39(6)16-19-44-7)33-23-29(10-9-15-40-17-20-45-21-18-40)27(4)34(28(33)5)36(43)37-24-32-25(2)22-26(3)38-35(32)42;1-8-10-19-43-31-17-11-27(12-18-31)28-21-32(35(41)37-23-33-24(3)20-25(4)38-36(33)42)26(5)34(22-28)40(9-2)30-15-13-29(14-16-30)39(6)7;1-6-35(26-11-15-38-16-12-26)29-19-25(8-7-24-9-13-34(5)14-10-24)18-27(23(29)4)30(36)32-20-28-21(2)17-22(3)33-31(28)37;/h22-23,30-31H,8,11-21,24H2,1-7H3,(H,37,43)(H,38,42);11-12,17-18,20-22,29-30H,8-10,13-16,19,23H2,1-7H3,(H,37,41)(H,38,42);17-19,24,26H,6,9-16,20H2,1-5H3,(H,32,36)(H,33,37);1H4. The largest absolute Gasteiger partial charge is 0.494 e. The molecule has 5 fully saturated rings. The highest BCUT2D eigenvalue weighted by Gasteiger charge is 2.33. The molecule has 6 heterocycles. The summed E-state index contributed by atoms with van der Waals surface area (Å²) in [5, 5.41) is 9.13. The molecule has 23 heteroatoms. The van der Waals surface area contributed by atoms with Crippen LogP contribution in [0.15, 0.2) is 87.2 Å². The summed E-state index contributed by atoms with van der Waals surface area (Å²) >= 11 is 0. The number of morpholine rings is 1. The molecular weight excluding hydrogens is 1590 g/mol. The number of pyridine rings is 3. The normalized spacial score (nSPS) is 17.5. The molecule has 3 aliphatic heterocycles. The van der Waals surface area contributed by atoms with Crippen molar-refractivity contribution in [3.8, 4) is 40.6 Å². The number of hydrogen-bond acceptors (Lipinski definition) is 17. The quantitative estimate of drug-likeness (QED) is 0.0188. The molecule has 127 heavy (non-hydrogen) atoms. The van der Waals surface area contributed by atoms with Crippen LogP contribution in [0.3, 0.4) is 0 Å². The number of aromatic nitrogens is 3. The number of nitrogens with one attached hydrogen (secondary N) is 6. The fourth-order valence-electron chi connectivity index (χ4n) is 18.9. The predicted molar refractivity (Wildman–Crippen MR) is 518 cm³/mol. The molecule has 0 radical (unpaired) electrons. The monoisotopic (exact) mass is 1740 g/mol. The van der Waals surface area contributed by atoms with E-state index in [1.165, 1.54) is 12.8 Å². The lowest BCUT2D eigenvalue weighted by atomic mass is 9.87. The number of anilines is 3. The van der Waals surface area contributed by atoms with Gasteiger partial charge in [-0.25, -0.2) is 0 Å². The number of nitrogens with zero attached hydrogens (tertiary/aromatic N) is 7. The zero-order valence-electron chi connectivity index (χ0n) is 79.2. The first-order chi connectivity index (χ1) is 60.5. The third kappa shape index (κ3) is 27.4. The lowest BCUT2D eigenvalue weighted by Crippen LogP contribution is -2.44. The van der Waals surface area contributed by atoms with E-state index in [2.05, 4.69) is 189 Å². The van der Waals surface area contributed by atoms with E-state index >= 15 is 0 Å². The van der Waals surface area contributed by atoms with Gasteiger partial charge in [-0.15, -0.1) is 0 Å². The van der Waals surface area contributed by atoms with Gasteiger partial charge in [-0.3, -0.25) is 33.7 Å². The van der Waals surface area contributed by atoms with Gasteiger partial charge in [0.25, 0.3) is 34.4 Å². The lowest BCUT2D eigenvalue weighted by Gasteiger charge is -2.41. The summed E-state index contributed by atoms with van der Waals surface area (Å²) in [6, 6.07) is 26.8. The van der Waals surface area contributed by atoms with Crippen LogP contribution in [0.2, 0.25) is 0 Å². The molecule has 3 saturated heterocycles. The van der Waals surface area contributed by atoms with Crippen LogP contribution in [0.4, 0.5) is 17.1 Å². The van der Waals surface area contributed by atoms with Gasteiger partial charge in [-0.2, -0.15) is 0 Å². The second-order valence-electron chi connectivity index (χ2n) is 35.6. The number of likely N-dealkylation sites (tertiary alicyclic amines) is 1. The Bertz CT molecular complexity index is 5130. The van der Waals surface area contributed by atoms with Crippen molar-refractivity contribution in [2.45, 2.75) is 244 Å². The summed E-state index contributed by atoms with van der Waals surface area (Å²) in [4.78, 5) is 104. The number of piperidine rings is 1. The fourth-order valence-corrected chi connectivity index (χ4v) is 18.9. The maximum Gasteiger partial charge on any atom is 0.253 e. The van der Waals surface area contributed by atoms with Gasteiger partial charge in [0.2, 0.25) is 0 Å². The number of amides is 3. The molecular formula is C104H149N13O10. The Labute approximate surface area is 758 Å². The van der Waals surface area contributed by atoms with Gasteiger partial charge >= 0.3 is 0 Å². The van der Waals surface area contributed by atoms with Crippen LogP contribution < -0.4 is 52.1 Å². The molecule has 4 aromatic carbocycles. The van der Waals surface area contributed by atoms with Crippen molar-refractivity contribution in [2.24, 2.45) is 5.92 Å². The predicted octanol–water partition coefficient (Wildman–Crippen LogP) is 15.3.